The van der Waals surface area contributed by atoms with E-state index in [2.05, 4.69) is 15.1 Å². The van der Waals surface area contributed by atoms with E-state index < -0.39 is 0 Å². The van der Waals surface area contributed by atoms with Gasteiger partial charge in [-0.1, -0.05) is 0 Å². The van der Waals surface area contributed by atoms with Crippen LogP contribution in [0, 0.1) is 0 Å². The molecule has 5 heteroatoms. The Bertz CT molecular complexity index is 229. The number of carbonyl (C=O) groups excluding carboxylic acids is 1. The summed E-state index contributed by atoms with van der Waals surface area (Å²) in [6.45, 7) is 6.54. The minimum absolute atomic E-state index is 0.0719. The summed E-state index contributed by atoms with van der Waals surface area (Å²) in [6.07, 6.45) is 0.429. The SMILES string of the molecule is O=C(CCCl)NCC1CN2CCN1CC2. The fraction of sp³-hybridized carbons (Fsp3) is 0.900. The molecular weight excluding hydrogens is 214 g/mol. The number of hydrogen-bond acceptors (Lipinski definition) is 3. The van der Waals surface area contributed by atoms with E-state index >= 15 is 0 Å². The molecule has 1 atom stereocenters. The summed E-state index contributed by atoms with van der Waals surface area (Å²) < 4.78 is 0. The molecule has 0 aromatic carbocycles. The summed E-state index contributed by atoms with van der Waals surface area (Å²) in [4.78, 5) is 16.2. The van der Waals surface area contributed by atoms with Gasteiger partial charge in [-0.05, 0) is 0 Å². The van der Waals surface area contributed by atoms with E-state index in [1.54, 1.807) is 0 Å². The van der Waals surface area contributed by atoms with Crippen LogP contribution in [0.25, 0.3) is 0 Å². The molecule has 3 rings (SSSR count). The Morgan fingerprint density at radius 2 is 2.07 bits per heavy atom. The fourth-order valence-corrected chi connectivity index (χ4v) is 2.50. The first kappa shape index (κ1) is 11.2. The number of alkyl halides is 1. The predicted molar refractivity (Wildman–Crippen MR) is 60.1 cm³/mol. The van der Waals surface area contributed by atoms with Crippen LogP contribution in [0.5, 0.6) is 0 Å². The van der Waals surface area contributed by atoms with E-state index in [0.29, 0.717) is 18.3 Å². The van der Waals surface area contributed by atoms with E-state index in [-0.39, 0.29) is 5.91 Å². The largest absolute Gasteiger partial charge is 0.354 e. The standard InChI is InChI=1S/C10H18ClN3O/c11-2-1-10(15)12-7-9-8-13-3-5-14(9)6-4-13/h9H,1-8H2,(H,12,15). The highest BCUT2D eigenvalue weighted by Gasteiger charge is 2.31. The Morgan fingerprint density at radius 3 is 2.60 bits per heavy atom. The van der Waals surface area contributed by atoms with Gasteiger partial charge in [-0.15, -0.1) is 11.6 Å². The van der Waals surface area contributed by atoms with Gasteiger partial charge >= 0.3 is 0 Å². The molecule has 0 spiro atoms. The molecule has 3 aliphatic rings. The minimum atomic E-state index is 0.0719. The average molecular weight is 232 g/mol. The van der Waals surface area contributed by atoms with Crippen LogP contribution in [0.2, 0.25) is 0 Å². The molecule has 3 aliphatic heterocycles. The molecule has 3 heterocycles. The molecule has 1 N–H and O–H groups in total. The normalized spacial score (nSPS) is 34.1. The maximum absolute atomic E-state index is 11.3. The van der Waals surface area contributed by atoms with Gasteiger partial charge in [0.2, 0.25) is 5.91 Å². The summed E-state index contributed by atoms with van der Waals surface area (Å²) in [5.74, 6) is 0.481. The Hall–Kier alpha value is -0.320. The Labute approximate surface area is 95.5 Å². The second-order valence-corrected chi connectivity index (χ2v) is 4.61. The number of carbonyl (C=O) groups is 1. The number of fused-ring (bicyclic) bond motifs is 3. The fourth-order valence-electron chi connectivity index (χ4n) is 2.32. The molecule has 15 heavy (non-hydrogen) atoms. The van der Waals surface area contributed by atoms with Gasteiger partial charge in [-0.3, -0.25) is 14.6 Å². The summed E-state index contributed by atoms with van der Waals surface area (Å²) in [5.41, 5.74) is 0. The lowest BCUT2D eigenvalue weighted by molar-refractivity contribution is -0.121. The summed E-state index contributed by atoms with van der Waals surface area (Å²) >= 11 is 5.50. The molecule has 4 nitrogen and oxygen atoms in total. The van der Waals surface area contributed by atoms with Gasteiger partial charge < -0.3 is 5.32 Å². The number of nitrogens with zero attached hydrogens (tertiary/aromatic N) is 2. The smallest absolute Gasteiger partial charge is 0.221 e. The third-order valence-corrected chi connectivity index (χ3v) is 3.44. The maximum atomic E-state index is 11.3. The van der Waals surface area contributed by atoms with Gasteiger partial charge in [0.05, 0.1) is 0 Å². The van der Waals surface area contributed by atoms with Crippen LogP contribution in [0.15, 0.2) is 0 Å². The molecule has 0 radical (unpaired) electrons. The number of piperazine rings is 3. The van der Waals surface area contributed by atoms with Gasteiger partial charge in [0.15, 0.2) is 0 Å². The van der Waals surface area contributed by atoms with Crippen molar-refractivity contribution in [2.24, 2.45) is 0 Å². The molecule has 3 saturated heterocycles. The van der Waals surface area contributed by atoms with Crippen LogP contribution in [0.1, 0.15) is 6.42 Å². The number of hydrogen-bond donors (Lipinski definition) is 1. The van der Waals surface area contributed by atoms with Gasteiger partial charge in [0.25, 0.3) is 0 Å². The minimum Gasteiger partial charge on any atom is -0.354 e. The third-order valence-electron chi connectivity index (χ3n) is 3.25. The van der Waals surface area contributed by atoms with Gasteiger partial charge in [-0.2, -0.15) is 0 Å². The average Bonchev–Trinajstić information content (AvgIpc) is 2.28. The van der Waals surface area contributed by atoms with Crippen molar-refractivity contribution in [1.82, 2.24) is 15.1 Å². The first-order chi connectivity index (χ1) is 7.29. The zero-order chi connectivity index (χ0) is 10.7. The van der Waals surface area contributed by atoms with E-state index in [1.807, 2.05) is 0 Å². The molecule has 0 saturated carbocycles. The molecule has 0 aromatic rings. The highest BCUT2D eigenvalue weighted by atomic mass is 35.5. The molecule has 2 bridgehead atoms. The van der Waals surface area contributed by atoms with Crippen LogP contribution in [-0.2, 0) is 4.79 Å². The zero-order valence-corrected chi connectivity index (χ0v) is 9.67. The quantitative estimate of drug-likeness (QED) is 0.677. The number of nitrogens with one attached hydrogen (secondary N) is 1. The monoisotopic (exact) mass is 231 g/mol. The topological polar surface area (TPSA) is 35.6 Å². The molecule has 0 aliphatic carbocycles. The predicted octanol–water partition coefficient (Wildman–Crippen LogP) is -0.269. The second kappa shape index (κ2) is 5.14. The van der Waals surface area contributed by atoms with Crippen LogP contribution in [0.4, 0.5) is 0 Å². The Morgan fingerprint density at radius 1 is 1.33 bits per heavy atom. The molecule has 3 fully saturated rings. The first-order valence-corrected chi connectivity index (χ1v) is 6.12. The van der Waals surface area contributed by atoms with Gasteiger partial charge in [0, 0.05) is 57.6 Å². The van der Waals surface area contributed by atoms with Gasteiger partial charge in [0.1, 0.15) is 0 Å². The second-order valence-electron chi connectivity index (χ2n) is 4.23. The number of rotatable bonds is 4. The van der Waals surface area contributed by atoms with Crippen molar-refractivity contribution in [3.8, 4) is 0 Å². The first-order valence-electron chi connectivity index (χ1n) is 5.58. The van der Waals surface area contributed by atoms with Crippen LogP contribution in [0.3, 0.4) is 0 Å². The van der Waals surface area contributed by atoms with E-state index in [0.717, 1.165) is 26.2 Å². The number of amides is 1. The van der Waals surface area contributed by atoms with E-state index in [4.69, 9.17) is 11.6 Å². The molecule has 0 aromatic heterocycles. The van der Waals surface area contributed by atoms with E-state index in [9.17, 15) is 4.79 Å². The number of halogens is 1. The van der Waals surface area contributed by atoms with E-state index in [1.165, 1.54) is 13.1 Å². The maximum Gasteiger partial charge on any atom is 0.221 e. The summed E-state index contributed by atoms with van der Waals surface area (Å²) in [5, 5.41) is 2.95. The molecular formula is C10H18ClN3O. The van der Waals surface area contributed by atoms with Crippen molar-refractivity contribution in [2.75, 3.05) is 45.1 Å². The lowest BCUT2D eigenvalue weighted by Crippen LogP contribution is -2.63. The van der Waals surface area contributed by atoms with Crippen molar-refractivity contribution in [3.05, 3.63) is 0 Å². The summed E-state index contributed by atoms with van der Waals surface area (Å²) in [7, 11) is 0. The summed E-state index contributed by atoms with van der Waals surface area (Å²) in [6, 6.07) is 0.506. The van der Waals surface area contributed by atoms with Gasteiger partial charge in [-0.25, -0.2) is 0 Å². The van der Waals surface area contributed by atoms with Crippen LogP contribution >= 0.6 is 11.6 Å². The Balaban J connectivity index is 1.73. The van der Waals surface area contributed by atoms with Crippen molar-refractivity contribution in [2.45, 2.75) is 12.5 Å². The molecule has 1 unspecified atom stereocenters. The van der Waals surface area contributed by atoms with Crippen LogP contribution in [-0.4, -0.2) is 66.9 Å². The van der Waals surface area contributed by atoms with Crippen molar-refractivity contribution in [3.63, 3.8) is 0 Å². The van der Waals surface area contributed by atoms with Crippen molar-refractivity contribution in [1.29, 1.82) is 0 Å². The zero-order valence-electron chi connectivity index (χ0n) is 8.91. The van der Waals surface area contributed by atoms with Crippen molar-refractivity contribution < 1.29 is 4.79 Å². The molecule has 86 valence electrons. The Kier molecular flexibility index (Phi) is 3.83. The van der Waals surface area contributed by atoms with Crippen LogP contribution < -0.4 is 5.32 Å². The van der Waals surface area contributed by atoms with Crippen molar-refractivity contribution >= 4 is 17.5 Å². The highest BCUT2D eigenvalue weighted by Crippen LogP contribution is 2.14. The highest BCUT2D eigenvalue weighted by molar-refractivity contribution is 6.18. The lowest BCUT2D eigenvalue weighted by atomic mass is 10.1. The third kappa shape index (κ3) is 2.83. The lowest BCUT2D eigenvalue weighted by Gasteiger charge is -2.47. The molecule has 1 amide bonds.